The Hall–Kier alpha value is -0.530. The van der Waals surface area contributed by atoms with Crippen LogP contribution in [0.15, 0.2) is 24.3 Å². The summed E-state index contributed by atoms with van der Waals surface area (Å²) in [5.74, 6) is 1.69. The molecule has 0 saturated heterocycles. The highest BCUT2D eigenvalue weighted by Gasteiger charge is 2.21. The summed E-state index contributed by atoms with van der Waals surface area (Å²) in [7, 11) is 3.40. The molecule has 1 rings (SSSR count). The summed E-state index contributed by atoms with van der Waals surface area (Å²) in [4.78, 5) is 0. The molecule has 0 aliphatic rings. The normalized spacial score (nSPS) is 13.7. The van der Waals surface area contributed by atoms with Gasteiger partial charge in [-0.05, 0) is 31.2 Å². The maximum Gasteiger partial charge on any atom is 0.119 e. The van der Waals surface area contributed by atoms with Crippen molar-refractivity contribution >= 4 is 22.6 Å². The van der Waals surface area contributed by atoms with E-state index >= 15 is 0 Å². The van der Waals surface area contributed by atoms with Crippen molar-refractivity contribution in [1.29, 1.82) is 0 Å². The van der Waals surface area contributed by atoms with Gasteiger partial charge in [-0.25, -0.2) is 0 Å². The van der Waals surface area contributed by atoms with Crippen LogP contribution in [-0.4, -0.2) is 44.1 Å². The smallest absolute Gasteiger partial charge is 0.119 e. The Bertz CT molecular complexity index is 376. The van der Waals surface area contributed by atoms with Crippen LogP contribution < -0.4 is 9.47 Å². The molecular formula is C16H25IO4. The van der Waals surface area contributed by atoms with E-state index in [-0.39, 0.29) is 5.60 Å². The molecule has 0 radical (unpaired) electrons. The van der Waals surface area contributed by atoms with E-state index < -0.39 is 0 Å². The molecule has 0 saturated carbocycles. The molecule has 21 heavy (non-hydrogen) atoms. The second kappa shape index (κ2) is 10.2. The van der Waals surface area contributed by atoms with Crippen molar-refractivity contribution in [3.8, 4) is 11.5 Å². The molecule has 0 aliphatic carbocycles. The number of benzene rings is 1. The second-order valence-electron chi connectivity index (χ2n) is 5.03. The van der Waals surface area contributed by atoms with E-state index in [0.29, 0.717) is 13.2 Å². The summed E-state index contributed by atoms with van der Waals surface area (Å²) < 4.78 is 22.8. The van der Waals surface area contributed by atoms with Crippen LogP contribution in [0.5, 0.6) is 11.5 Å². The van der Waals surface area contributed by atoms with Crippen LogP contribution >= 0.6 is 22.6 Å². The Morgan fingerprint density at radius 1 is 1.00 bits per heavy atom. The standard InChI is InChI=1S/C16H25IO4/c1-16(13-17,19-3)9-12-20-10-4-11-21-15-7-5-14(18-2)6-8-15/h5-8H,4,9-13H2,1-3H3. The Labute approximate surface area is 141 Å². The van der Waals surface area contributed by atoms with Crippen LogP contribution in [0.25, 0.3) is 0 Å². The van der Waals surface area contributed by atoms with Crippen molar-refractivity contribution in [3.05, 3.63) is 24.3 Å². The molecule has 0 N–H and O–H groups in total. The third-order valence-electron chi connectivity index (χ3n) is 3.31. The first-order valence-electron chi connectivity index (χ1n) is 7.09. The lowest BCUT2D eigenvalue weighted by Crippen LogP contribution is -2.30. The van der Waals surface area contributed by atoms with Crippen LogP contribution in [0.2, 0.25) is 0 Å². The predicted molar refractivity (Wildman–Crippen MR) is 92.8 cm³/mol. The number of rotatable bonds is 11. The fourth-order valence-corrected chi connectivity index (χ4v) is 2.33. The lowest BCUT2D eigenvalue weighted by molar-refractivity contribution is -0.00519. The molecule has 0 heterocycles. The number of halogens is 1. The van der Waals surface area contributed by atoms with Crippen LogP contribution in [0, 0.1) is 0 Å². The van der Waals surface area contributed by atoms with Crippen molar-refractivity contribution in [3.63, 3.8) is 0 Å². The fraction of sp³-hybridized carbons (Fsp3) is 0.625. The molecular weight excluding hydrogens is 383 g/mol. The SMILES string of the molecule is COc1ccc(OCCCOCCC(C)(CI)OC)cc1. The van der Waals surface area contributed by atoms with Crippen LogP contribution in [0.3, 0.4) is 0 Å². The van der Waals surface area contributed by atoms with E-state index in [1.165, 1.54) is 0 Å². The van der Waals surface area contributed by atoms with E-state index in [0.717, 1.165) is 35.4 Å². The molecule has 0 spiro atoms. The molecule has 5 heteroatoms. The van der Waals surface area contributed by atoms with Crippen molar-refractivity contribution in [1.82, 2.24) is 0 Å². The monoisotopic (exact) mass is 408 g/mol. The molecule has 0 bridgehead atoms. The lowest BCUT2D eigenvalue weighted by atomic mass is 10.1. The van der Waals surface area contributed by atoms with Gasteiger partial charge in [0, 0.05) is 37.6 Å². The third-order valence-corrected chi connectivity index (χ3v) is 4.93. The van der Waals surface area contributed by atoms with Crippen molar-refractivity contribution in [2.45, 2.75) is 25.4 Å². The Balaban J connectivity index is 2.06. The highest BCUT2D eigenvalue weighted by molar-refractivity contribution is 14.1. The summed E-state index contributed by atoms with van der Waals surface area (Å²) in [5.41, 5.74) is -0.0832. The first kappa shape index (κ1) is 18.5. The van der Waals surface area contributed by atoms with Gasteiger partial charge >= 0.3 is 0 Å². The summed E-state index contributed by atoms with van der Waals surface area (Å²) >= 11 is 2.34. The molecule has 0 aliphatic heterocycles. The maximum atomic E-state index is 5.63. The minimum atomic E-state index is -0.0832. The maximum absolute atomic E-state index is 5.63. The number of ether oxygens (including phenoxy) is 4. The van der Waals surface area contributed by atoms with Crippen molar-refractivity contribution < 1.29 is 18.9 Å². The van der Waals surface area contributed by atoms with Gasteiger partial charge in [-0.2, -0.15) is 0 Å². The highest BCUT2D eigenvalue weighted by atomic mass is 127. The predicted octanol–water partition coefficient (Wildman–Crippen LogP) is 3.71. The Kier molecular flexibility index (Phi) is 9.03. The summed E-state index contributed by atoms with van der Waals surface area (Å²) in [6.45, 7) is 4.18. The number of methoxy groups -OCH3 is 2. The molecule has 0 amide bonds. The zero-order valence-corrected chi connectivity index (χ0v) is 15.2. The lowest BCUT2D eigenvalue weighted by Gasteiger charge is -2.25. The summed E-state index contributed by atoms with van der Waals surface area (Å²) in [6, 6.07) is 7.59. The number of hydrogen-bond acceptors (Lipinski definition) is 4. The van der Waals surface area contributed by atoms with Gasteiger partial charge < -0.3 is 18.9 Å². The average Bonchev–Trinajstić information content (AvgIpc) is 2.54. The molecule has 0 aromatic heterocycles. The minimum absolute atomic E-state index is 0.0832. The van der Waals surface area contributed by atoms with Gasteiger partial charge in [-0.15, -0.1) is 0 Å². The molecule has 4 nitrogen and oxygen atoms in total. The van der Waals surface area contributed by atoms with E-state index in [9.17, 15) is 0 Å². The number of hydrogen-bond donors (Lipinski definition) is 0. The van der Waals surface area contributed by atoms with Gasteiger partial charge in [0.15, 0.2) is 0 Å². The zero-order valence-electron chi connectivity index (χ0n) is 13.1. The molecule has 0 fully saturated rings. The van der Waals surface area contributed by atoms with E-state index in [1.807, 2.05) is 24.3 Å². The quantitative estimate of drug-likeness (QED) is 0.318. The second-order valence-corrected chi connectivity index (χ2v) is 5.79. The van der Waals surface area contributed by atoms with Crippen LogP contribution in [0.4, 0.5) is 0 Å². The van der Waals surface area contributed by atoms with Crippen LogP contribution in [-0.2, 0) is 9.47 Å². The molecule has 1 aromatic rings. The van der Waals surface area contributed by atoms with Crippen molar-refractivity contribution in [2.24, 2.45) is 0 Å². The van der Waals surface area contributed by atoms with Gasteiger partial charge in [0.25, 0.3) is 0 Å². The minimum Gasteiger partial charge on any atom is -0.497 e. The molecule has 1 aromatic carbocycles. The molecule has 1 unspecified atom stereocenters. The average molecular weight is 408 g/mol. The van der Waals surface area contributed by atoms with Gasteiger partial charge in [0.2, 0.25) is 0 Å². The summed E-state index contributed by atoms with van der Waals surface area (Å²) in [6.07, 6.45) is 1.78. The number of alkyl halides is 1. The third kappa shape index (κ3) is 7.33. The van der Waals surface area contributed by atoms with E-state index in [2.05, 4.69) is 29.5 Å². The zero-order chi connectivity index (χ0) is 15.6. The first-order valence-corrected chi connectivity index (χ1v) is 8.62. The Morgan fingerprint density at radius 3 is 2.24 bits per heavy atom. The summed E-state index contributed by atoms with van der Waals surface area (Å²) in [5, 5.41) is 0. The van der Waals surface area contributed by atoms with E-state index in [1.54, 1.807) is 14.2 Å². The van der Waals surface area contributed by atoms with Gasteiger partial charge in [-0.3, -0.25) is 0 Å². The molecule has 1 atom stereocenters. The highest BCUT2D eigenvalue weighted by Crippen LogP contribution is 2.18. The Morgan fingerprint density at radius 2 is 1.67 bits per heavy atom. The van der Waals surface area contributed by atoms with Crippen molar-refractivity contribution in [2.75, 3.05) is 38.5 Å². The van der Waals surface area contributed by atoms with Gasteiger partial charge in [0.05, 0.1) is 19.3 Å². The first-order chi connectivity index (χ1) is 10.1. The van der Waals surface area contributed by atoms with Gasteiger partial charge in [0.1, 0.15) is 11.5 Å². The van der Waals surface area contributed by atoms with Gasteiger partial charge in [-0.1, -0.05) is 22.6 Å². The topological polar surface area (TPSA) is 36.9 Å². The molecule has 120 valence electrons. The van der Waals surface area contributed by atoms with Crippen LogP contribution in [0.1, 0.15) is 19.8 Å². The largest absolute Gasteiger partial charge is 0.497 e. The fourth-order valence-electron chi connectivity index (χ4n) is 1.64. The van der Waals surface area contributed by atoms with E-state index in [4.69, 9.17) is 18.9 Å².